The Kier molecular flexibility index (Phi) is 4.54. The number of thioether (sulfide) groups is 1. The number of carbonyl (C=O) groups excluding carboxylic acids is 2. The predicted molar refractivity (Wildman–Crippen MR) is 92.6 cm³/mol. The molecular weight excluding hydrogens is 328 g/mol. The predicted octanol–water partition coefficient (Wildman–Crippen LogP) is 1.68. The van der Waals surface area contributed by atoms with Gasteiger partial charge in [-0.15, -0.1) is 0 Å². The van der Waals surface area contributed by atoms with E-state index in [9.17, 15) is 19.5 Å². The smallest absolute Gasteiger partial charge is 0.329 e. The molecule has 0 radical (unpaired) electrons. The lowest BCUT2D eigenvalue weighted by Gasteiger charge is -2.33. The molecule has 0 bridgehead atoms. The molecule has 0 aromatic heterocycles. The van der Waals surface area contributed by atoms with E-state index in [0.717, 1.165) is 22.8 Å². The van der Waals surface area contributed by atoms with Gasteiger partial charge in [-0.3, -0.25) is 9.59 Å². The highest BCUT2D eigenvalue weighted by molar-refractivity contribution is 7.99. The molecule has 1 fully saturated rings. The van der Waals surface area contributed by atoms with Crippen LogP contribution in [0.2, 0.25) is 0 Å². The zero-order valence-corrected chi connectivity index (χ0v) is 14.3. The monoisotopic (exact) mass is 348 g/mol. The van der Waals surface area contributed by atoms with Crippen molar-refractivity contribution in [3.05, 3.63) is 29.3 Å². The van der Waals surface area contributed by atoms with Crippen LogP contribution in [0.15, 0.2) is 18.2 Å². The number of hydrogen-bond acceptors (Lipinski definition) is 4. The van der Waals surface area contributed by atoms with E-state index in [1.165, 1.54) is 6.92 Å². The van der Waals surface area contributed by atoms with Crippen molar-refractivity contribution in [2.45, 2.75) is 31.7 Å². The van der Waals surface area contributed by atoms with E-state index < -0.39 is 11.5 Å². The van der Waals surface area contributed by atoms with Gasteiger partial charge in [0.15, 0.2) is 0 Å². The van der Waals surface area contributed by atoms with Crippen LogP contribution in [0.3, 0.4) is 0 Å². The van der Waals surface area contributed by atoms with E-state index >= 15 is 0 Å². The van der Waals surface area contributed by atoms with Crippen LogP contribution >= 0.6 is 11.8 Å². The Bertz CT molecular complexity index is 698. The molecule has 1 saturated heterocycles. The molecule has 3 rings (SSSR count). The average molecular weight is 348 g/mol. The molecule has 6 nitrogen and oxygen atoms in total. The summed E-state index contributed by atoms with van der Waals surface area (Å²) in [5, 5.41) is 12.3. The first-order valence-corrected chi connectivity index (χ1v) is 9.13. The molecule has 7 heteroatoms. The summed E-state index contributed by atoms with van der Waals surface area (Å²) in [6.45, 7) is 2.14. The molecule has 2 amide bonds. The van der Waals surface area contributed by atoms with Gasteiger partial charge < -0.3 is 15.3 Å². The van der Waals surface area contributed by atoms with E-state index in [0.29, 0.717) is 31.4 Å². The number of anilines is 1. The minimum atomic E-state index is -1.17. The second-order valence-corrected chi connectivity index (χ2v) is 7.44. The van der Waals surface area contributed by atoms with Gasteiger partial charge in [-0.2, -0.15) is 11.8 Å². The number of benzene rings is 1. The SMILES string of the molecule is CC(=O)N1CCc2cc(C(=O)NC3(C(=O)O)CCSCC3)ccc21. The second-order valence-electron chi connectivity index (χ2n) is 6.22. The minimum Gasteiger partial charge on any atom is -0.480 e. The summed E-state index contributed by atoms with van der Waals surface area (Å²) in [5.74, 6) is 0.0956. The van der Waals surface area contributed by atoms with Crippen LogP contribution in [0.25, 0.3) is 0 Å². The molecule has 0 spiro atoms. The summed E-state index contributed by atoms with van der Waals surface area (Å²) in [6.07, 6.45) is 1.57. The van der Waals surface area contributed by atoms with Gasteiger partial charge in [-0.1, -0.05) is 0 Å². The average Bonchev–Trinajstić information content (AvgIpc) is 2.98. The Labute approximate surface area is 144 Å². The van der Waals surface area contributed by atoms with E-state index in [2.05, 4.69) is 5.32 Å². The fourth-order valence-electron chi connectivity index (χ4n) is 3.27. The van der Waals surface area contributed by atoms with Gasteiger partial charge in [0.25, 0.3) is 5.91 Å². The summed E-state index contributed by atoms with van der Waals surface area (Å²) < 4.78 is 0. The number of rotatable bonds is 3. The Morgan fingerprint density at radius 3 is 2.58 bits per heavy atom. The zero-order chi connectivity index (χ0) is 17.3. The van der Waals surface area contributed by atoms with Crippen LogP contribution in [0, 0.1) is 0 Å². The Morgan fingerprint density at radius 1 is 1.25 bits per heavy atom. The molecule has 24 heavy (non-hydrogen) atoms. The number of fused-ring (bicyclic) bond motifs is 1. The third kappa shape index (κ3) is 3.00. The molecule has 1 aromatic carbocycles. The van der Waals surface area contributed by atoms with Gasteiger partial charge in [0.05, 0.1) is 0 Å². The number of hydrogen-bond donors (Lipinski definition) is 2. The molecule has 128 valence electrons. The number of nitrogens with zero attached hydrogens (tertiary/aromatic N) is 1. The number of amides is 2. The Balaban J connectivity index is 1.81. The maximum absolute atomic E-state index is 12.6. The molecule has 0 unspecified atom stereocenters. The standard InChI is InChI=1S/C17H20N2O4S/c1-11(20)19-7-4-12-10-13(2-3-14(12)19)15(21)18-17(16(22)23)5-8-24-9-6-17/h2-3,10H,4-9H2,1H3,(H,18,21)(H,22,23). The summed E-state index contributed by atoms with van der Waals surface area (Å²) in [7, 11) is 0. The minimum absolute atomic E-state index is 0.0181. The summed E-state index contributed by atoms with van der Waals surface area (Å²) >= 11 is 1.70. The fraction of sp³-hybridized carbons (Fsp3) is 0.471. The van der Waals surface area contributed by atoms with Crippen molar-refractivity contribution in [2.24, 2.45) is 0 Å². The molecule has 0 saturated carbocycles. The summed E-state index contributed by atoms with van der Waals surface area (Å²) in [5.41, 5.74) is 1.05. The molecule has 0 aliphatic carbocycles. The quantitative estimate of drug-likeness (QED) is 0.868. The van der Waals surface area contributed by atoms with E-state index in [1.807, 2.05) is 0 Å². The van der Waals surface area contributed by atoms with Crippen molar-refractivity contribution in [1.29, 1.82) is 0 Å². The van der Waals surface area contributed by atoms with Crippen molar-refractivity contribution in [3.8, 4) is 0 Å². The van der Waals surface area contributed by atoms with Gasteiger partial charge in [0.1, 0.15) is 5.54 Å². The van der Waals surface area contributed by atoms with Crippen LogP contribution in [-0.4, -0.2) is 46.5 Å². The van der Waals surface area contributed by atoms with Gasteiger partial charge in [-0.05, 0) is 54.5 Å². The third-order valence-corrected chi connectivity index (χ3v) is 5.71. The number of carboxylic acid groups (broad SMARTS) is 1. The molecule has 2 heterocycles. The molecule has 2 aliphatic rings. The molecule has 2 N–H and O–H groups in total. The fourth-order valence-corrected chi connectivity index (χ4v) is 4.46. The zero-order valence-electron chi connectivity index (χ0n) is 13.5. The Hall–Kier alpha value is -2.02. The highest BCUT2D eigenvalue weighted by atomic mass is 32.2. The number of carboxylic acids is 1. The molecule has 1 aromatic rings. The van der Waals surface area contributed by atoms with Crippen LogP contribution < -0.4 is 10.2 Å². The highest BCUT2D eigenvalue weighted by Gasteiger charge is 2.41. The number of nitrogens with one attached hydrogen (secondary N) is 1. The first-order valence-electron chi connectivity index (χ1n) is 7.98. The van der Waals surface area contributed by atoms with Crippen molar-refractivity contribution in [3.63, 3.8) is 0 Å². The maximum atomic E-state index is 12.6. The van der Waals surface area contributed by atoms with Crippen molar-refractivity contribution in [2.75, 3.05) is 23.0 Å². The lowest BCUT2D eigenvalue weighted by Crippen LogP contribution is -2.56. The number of carbonyl (C=O) groups is 3. The first kappa shape index (κ1) is 16.8. The molecule has 2 aliphatic heterocycles. The lowest BCUT2D eigenvalue weighted by atomic mass is 9.91. The lowest BCUT2D eigenvalue weighted by molar-refractivity contribution is -0.144. The van der Waals surface area contributed by atoms with Crippen molar-refractivity contribution >= 4 is 35.2 Å². The van der Waals surface area contributed by atoms with E-state index in [1.54, 1.807) is 34.9 Å². The van der Waals surface area contributed by atoms with E-state index in [4.69, 9.17) is 0 Å². The Morgan fingerprint density at radius 2 is 1.96 bits per heavy atom. The summed E-state index contributed by atoms with van der Waals surface area (Å²) in [4.78, 5) is 37.5. The topological polar surface area (TPSA) is 86.7 Å². The van der Waals surface area contributed by atoms with Crippen molar-refractivity contribution in [1.82, 2.24) is 5.32 Å². The van der Waals surface area contributed by atoms with Crippen LogP contribution in [0.5, 0.6) is 0 Å². The largest absolute Gasteiger partial charge is 0.480 e. The second kappa shape index (κ2) is 6.47. The van der Waals surface area contributed by atoms with Gasteiger partial charge in [-0.25, -0.2) is 4.79 Å². The van der Waals surface area contributed by atoms with Crippen LogP contribution in [0.4, 0.5) is 5.69 Å². The number of aliphatic carboxylic acids is 1. The van der Waals surface area contributed by atoms with Crippen LogP contribution in [0.1, 0.15) is 35.7 Å². The van der Waals surface area contributed by atoms with Gasteiger partial charge in [0.2, 0.25) is 5.91 Å². The van der Waals surface area contributed by atoms with Gasteiger partial charge in [0, 0.05) is 24.7 Å². The normalized spacial score (nSPS) is 18.8. The van der Waals surface area contributed by atoms with Crippen LogP contribution in [-0.2, 0) is 16.0 Å². The third-order valence-electron chi connectivity index (χ3n) is 4.73. The highest BCUT2D eigenvalue weighted by Crippen LogP contribution is 2.30. The first-order chi connectivity index (χ1) is 11.4. The van der Waals surface area contributed by atoms with E-state index in [-0.39, 0.29) is 11.8 Å². The summed E-state index contributed by atoms with van der Waals surface area (Å²) in [6, 6.07) is 5.19. The van der Waals surface area contributed by atoms with Crippen molar-refractivity contribution < 1.29 is 19.5 Å². The maximum Gasteiger partial charge on any atom is 0.329 e. The molecule has 0 atom stereocenters. The van der Waals surface area contributed by atoms with Gasteiger partial charge >= 0.3 is 5.97 Å². The molecular formula is C17H20N2O4S.